The molecule has 156 valence electrons. The lowest BCUT2D eigenvalue weighted by Gasteiger charge is -2.38. The van der Waals surface area contributed by atoms with E-state index < -0.39 is 21.0 Å². The monoisotopic (exact) mass is 428 g/mol. The third-order valence-electron chi connectivity index (χ3n) is 5.11. The maximum Gasteiger partial charge on any atom is 0.259 e. The van der Waals surface area contributed by atoms with Gasteiger partial charge in [0.1, 0.15) is 11.0 Å². The van der Waals surface area contributed by atoms with Crippen molar-refractivity contribution < 1.29 is 17.9 Å². The molecule has 4 rings (SSSR count). The number of nitrogens with zero attached hydrogens (tertiary/aromatic N) is 4. The van der Waals surface area contributed by atoms with Gasteiger partial charge < -0.3 is 14.2 Å². The van der Waals surface area contributed by atoms with Crippen molar-refractivity contribution in [3.8, 4) is 11.4 Å². The molecule has 1 aliphatic rings. The largest absolute Gasteiger partial charge is 0.496 e. The van der Waals surface area contributed by atoms with Crippen molar-refractivity contribution in [2.75, 3.05) is 20.2 Å². The summed E-state index contributed by atoms with van der Waals surface area (Å²) in [5.74, 6) is -0.254. The molecular formula is C20H20N4O5S. The highest BCUT2D eigenvalue weighted by atomic mass is 32.2. The zero-order valence-electron chi connectivity index (χ0n) is 16.4. The first kappa shape index (κ1) is 19.9. The van der Waals surface area contributed by atoms with Gasteiger partial charge in [0.2, 0.25) is 15.0 Å². The van der Waals surface area contributed by atoms with Crippen LogP contribution < -0.4 is 10.3 Å². The van der Waals surface area contributed by atoms with E-state index in [1.54, 1.807) is 37.5 Å². The zero-order chi connectivity index (χ0) is 21.5. The average Bonchev–Trinajstić information content (AvgIpc) is 3.13. The lowest BCUT2D eigenvalue weighted by atomic mass is 10.1. The summed E-state index contributed by atoms with van der Waals surface area (Å²) in [6, 6.07) is 10.2. The van der Waals surface area contributed by atoms with Crippen LogP contribution >= 0.6 is 0 Å². The molecule has 0 bridgehead atoms. The van der Waals surface area contributed by atoms with Crippen LogP contribution in [0.4, 0.5) is 0 Å². The highest BCUT2D eigenvalue weighted by molar-refractivity contribution is 7.92. The summed E-state index contributed by atoms with van der Waals surface area (Å²) in [7, 11) is -0.652. The number of imidazole rings is 1. The molecule has 2 aromatic heterocycles. The molecule has 0 spiro atoms. The van der Waals surface area contributed by atoms with Gasteiger partial charge in [0, 0.05) is 50.5 Å². The molecule has 1 aromatic carbocycles. The lowest BCUT2D eigenvalue weighted by molar-refractivity contribution is 0.0654. The number of pyridine rings is 1. The number of amides is 1. The molecule has 1 amide bonds. The fraction of sp³-hybridized carbons (Fsp3) is 0.250. The smallest absolute Gasteiger partial charge is 0.259 e. The molecule has 30 heavy (non-hydrogen) atoms. The van der Waals surface area contributed by atoms with E-state index >= 15 is 0 Å². The van der Waals surface area contributed by atoms with Gasteiger partial charge in [-0.3, -0.25) is 14.2 Å². The van der Waals surface area contributed by atoms with E-state index in [1.165, 1.54) is 39.6 Å². The van der Waals surface area contributed by atoms with Crippen molar-refractivity contribution in [1.82, 2.24) is 19.0 Å². The van der Waals surface area contributed by atoms with Crippen LogP contribution in [0.25, 0.3) is 5.69 Å². The van der Waals surface area contributed by atoms with Gasteiger partial charge in [-0.05, 0) is 12.1 Å². The second-order valence-electron chi connectivity index (χ2n) is 7.00. The number of sulfone groups is 1. The Morgan fingerprint density at radius 1 is 1.20 bits per heavy atom. The molecule has 3 heterocycles. The molecule has 3 aromatic rings. The maximum atomic E-state index is 13.0. The summed E-state index contributed by atoms with van der Waals surface area (Å²) < 4.78 is 33.5. The summed E-state index contributed by atoms with van der Waals surface area (Å²) in [6.45, 7) is 0.0866. The van der Waals surface area contributed by atoms with E-state index in [-0.39, 0.29) is 35.1 Å². The van der Waals surface area contributed by atoms with Crippen LogP contribution in [0.3, 0.4) is 0 Å². The van der Waals surface area contributed by atoms with Crippen molar-refractivity contribution in [3.05, 3.63) is 70.9 Å². The summed E-state index contributed by atoms with van der Waals surface area (Å²) in [5.41, 5.74) is 0.459. The Kier molecular flexibility index (Phi) is 4.94. The quantitative estimate of drug-likeness (QED) is 0.598. The molecule has 10 heteroatoms. The minimum Gasteiger partial charge on any atom is -0.496 e. The SMILES string of the molecule is COc1cc(=O)n(-c2ccccc2)cc1C(=O)N1CC(S(=O)(=O)c2nccn2C)C1. The molecule has 1 fully saturated rings. The number of methoxy groups -OCH3 is 1. The van der Waals surface area contributed by atoms with E-state index in [2.05, 4.69) is 4.98 Å². The van der Waals surface area contributed by atoms with Gasteiger partial charge in [0.15, 0.2) is 0 Å². The van der Waals surface area contributed by atoms with Gasteiger partial charge in [0.25, 0.3) is 11.5 Å². The van der Waals surface area contributed by atoms with Crippen LogP contribution in [-0.2, 0) is 16.9 Å². The topological polar surface area (TPSA) is 104 Å². The number of aryl methyl sites for hydroxylation is 1. The Bertz CT molecular complexity index is 1260. The first-order chi connectivity index (χ1) is 14.3. The van der Waals surface area contributed by atoms with Gasteiger partial charge in [-0.15, -0.1) is 0 Å². The number of ether oxygens (including phenoxy) is 1. The number of aromatic nitrogens is 3. The van der Waals surface area contributed by atoms with Gasteiger partial charge in [-0.1, -0.05) is 18.2 Å². The first-order valence-electron chi connectivity index (χ1n) is 9.19. The second kappa shape index (κ2) is 7.45. The van der Waals surface area contributed by atoms with Crippen LogP contribution in [0.5, 0.6) is 5.75 Å². The molecule has 1 saturated heterocycles. The third-order valence-corrected chi connectivity index (χ3v) is 7.18. The van der Waals surface area contributed by atoms with Crippen molar-refractivity contribution in [2.24, 2.45) is 7.05 Å². The fourth-order valence-corrected chi connectivity index (χ4v) is 5.10. The first-order valence-corrected chi connectivity index (χ1v) is 10.7. The molecule has 0 atom stereocenters. The van der Waals surface area contributed by atoms with Crippen LogP contribution in [0.1, 0.15) is 10.4 Å². The predicted molar refractivity (Wildman–Crippen MR) is 109 cm³/mol. The van der Waals surface area contributed by atoms with Crippen LogP contribution in [0, 0.1) is 0 Å². The Morgan fingerprint density at radius 3 is 2.50 bits per heavy atom. The van der Waals surface area contributed by atoms with E-state index in [9.17, 15) is 18.0 Å². The van der Waals surface area contributed by atoms with Crippen LogP contribution in [-0.4, -0.2) is 58.8 Å². The fourth-order valence-electron chi connectivity index (χ4n) is 3.38. The van der Waals surface area contributed by atoms with Crippen molar-refractivity contribution >= 4 is 15.7 Å². The van der Waals surface area contributed by atoms with Gasteiger partial charge in [-0.2, -0.15) is 0 Å². The Morgan fingerprint density at radius 2 is 1.90 bits per heavy atom. The third kappa shape index (κ3) is 3.28. The van der Waals surface area contributed by atoms with Gasteiger partial charge >= 0.3 is 0 Å². The molecule has 0 saturated carbocycles. The number of carbonyl (C=O) groups excluding carboxylic acids is 1. The Hall–Kier alpha value is -3.40. The van der Waals surface area contributed by atoms with Crippen LogP contribution in [0.15, 0.2) is 64.9 Å². The predicted octanol–water partition coefficient (Wildman–Crippen LogP) is 0.878. The minimum absolute atomic E-state index is 0.0187. The average molecular weight is 428 g/mol. The molecular weight excluding hydrogens is 408 g/mol. The molecule has 0 N–H and O–H groups in total. The highest BCUT2D eigenvalue weighted by Gasteiger charge is 2.43. The van der Waals surface area contributed by atoms with Crippen molar-refractivity contribution in [3.63, 3.8) is 0 Å². The molecule has 1 aliphatic heterocycles. The van der Waals surface area contributed by atoms with E-state index in [0.29, 0.717) is 5.69 Å². The Balaban J connectivity index is 1.60. The number of hydrogen-bond acceptors (Lipinski definition) is 6. The van der Waals surface area contributed by atoms with E-state index in [1.807, 2.05) is 6.07 Å². The normalized spacial score (nSPS) is 14.4. The summed E-state index contributed by atoms with van der Waals surface area (Å²) in [5, 5.41) is -0.747. The number of carbonyl (C=O) groups is 1. The standard InChI is InChI=1S/C20H20N4O5S/c1-22-9-8-21-20(22)30(27,28)15-11-23(12-15)19(26)16-13-24(14-6-4-3-5-7-14)18(25)10-17(16)29-2/h3-10,13,15H,11-12H2,1-2H3. The van der Waals surface area contributed by atoms with Crippen LogP contribution in [0.2, 0.25) is 0 Å². The zero-order valence-corrected chi connectivity index (χ0v) is 17.2. The maximum absolute atomic E-state index is 13.0. The summed E-state index contributed by atoms with van der Waals surface area (Å²) >= 11 is 0. The highest BCUT2D eigenvalue weighted by Crippen LogP contribution is 2.26. The minimum atomic E-state index is -3.64. The number of hydrogen-bond donors (Lipinski definition) is 0. The molecule has 0 radical (unpaired) electrons. The second-order valence-corrected chi connectivity index (χ2v) is 9.12. The Labute approximate surface area is 173 Å². The molecule has 9 nitrogen and oxygen atoms in total. The van der Waals surface area contributed by atoms with Gasteiger partial charge in [-0.25, -0.2) is 13.4 Å². The van der Waals surface area contributed by atoms with E-state index in [4.69, 9.17) is 4.74 Å². The number of para-hydroxylation sites is 1. The molecule has 0 aliphatic carbocycles. The lowest BCUT2D eigenvalue weighted by Crippen LogP contribution is -2.57. The molecule has 0 unspecified atom stereocenters. The van der Waals surface area contributed by atoms with Gasteiger partial charge in [0.05, 0.1) is 12.7 Å². The summed E-state index contributed by atoms with van der Waals surface area (Å²) in [4.78, 5) is 30.8. The van der Waals surface area contributed by atoms with E-state index in [0.717, 1.165) is 0 Å². The van der Waals surface area contributed by atoms with Crippen molar-refractivity contribution in [1.29, 1.82) is 0 Å². The number of benzene rings is 1. The summed E-state index contributed by atoms with van der Waals surface area (Å²) in [6.07, 6.45) is 4.41. The number of likely N-dealkylation sites (tertiary alicyclic amines) is 1. The number of rotatable bonds is 5. The van der Waals surface area contributed by atoms with Crippen molar-refractivity contribution in [2.45, 2.75) is 10.4 Å².